The predicted octanol–water partition coefficient (Wildman–Crippen LogP) is 3.27. The number of ether oxygens (including phenoxy) is 2. The van der Waals surface area contributed by atoms with Gasteiger partial charge in [-0.2, -0.15) is 0 Å². The first-order valence-electron chi connectivity index (χ1n) is 10.1. The molecule has 1 saturated heterocycles. The van der Waals surface area contributed by atoms with Crippen molar-refractivity contribution < 1.29 is 19.7 Å². The molecule has 0 bridgehead atoms. The van der Waals surface area contributed by atoms with Gasteiger partial charge in [0.1, 0.15) is 0 Å². The molecule has 1 spiro atoms. The van der Waals surface area contributed by atoms with E-state index >= 15 is 0 Å². The van der Waals surface area contributed by atoms with E-state index in [9.17, 15) is 10.2 Å². The van der Waals surface area contributed by atoms with E-state index in [1.807, 2.05) is 0 Å². The summed E-state index contributed by atoms with van der Waals surface area (Å²) < 4.78 is 12.3. The summed E-state index contributed by atoms with van der Waals surface area (Å²) >= 11 is 0. The first-order valence-corrected chi connectivity index (χ1v) is 10.1. The van der Waals surface area contributed by atoms with Gasteiger partial charge in [-0.05, 0) is 61.7 Å². The molecule has 4 heteroatoms. The highest BCUT2D eigenvalue weighted by Gasteiger charge is 2.66. The molecular weight excluding hydrogens is 316 g/mol. The van der Waals surface area contributed by atoms with Gasteiger partial charge in [-0.3, -0.25) is 0 Å². The number of allylic oxidation sites excluding steroid dienone is 1. The largest absolute Gasteiger partial charge is 0.393 e. The second kappa shape index (κ2) is 6.05. The molecule has 4 fully saturated rings. The molecule has 2 N–H and O–H groups in total. The average molecular weight is 350 g/mol. The lowest BCUT2D eigenvalue weighted by atomic mass is 9.50. The van der Waals surface area contributed by atoms with Crippen molar-refractivity contribution in [3.63, 3.8) is 0 Å². The standard InChI is InChI=1S/C21H34O4/c1-4-15-16(19(2)8-5-14(22)13-18(19)23)6-9-20(3)17(15)7-10-21(20)24-11-12-25-21/h4,14-18,22-23H,1,5-13H2,2-3H3/t14-,15+,16?,17?,18-,19+,20-/m0/s1. The van der Waals surface area contributed by atoms with Gasteiger partial charge in [0.25, 0.3) is 0 Å². The Hall–Kier alpha value is -0.420. The molecule has 1 heterocycles. The van der Waals surface area contributed by atoms with Gasteiger partial charge in [0, 0.05) is 11.8 Å². The molecule has 0 aromatic rings. The van der Waals surface area contributed by atoms with Gasteiger partial charge >= 0.3 is 0 Å². The molecule has 0 amide bonds. The number of hydrogen-bond donors (Lipinski definition) is 2. The fraction of sp³-hybridized carbons (Fsp3) is 0.905. The van der Waals surface area contributed by atoms with E-state index in [0.717, 1.165) is 38.5 Å². The smallest absolute Gasteiger partial charge is 0.174 e. The zero-order valence-corrected chi connectivity index (χ0v) is 15.7. The van der Waals surface area contributed by atoms with Crippen LogP contribution in [0, 0.1) is 28.6 Å². The van der Waals surface area contributed by atoms with Crippen LogP contribution >= 0.6 is 0 Å². The Bertz CT molecular complexity index is 528. The fourth-order valence-electron chi connectivity index (χ4n) is 6.90. The SMILES string of the molecule is C=C[C@H]1C2CCC3(OCCO3)[C@@]2(C)CCC1[C@@]1(C)CC[C@H](O)C[C@@H]1O. The minimum atomic E-state index is -0.428. The Labute approximate surface area is 151 Å². The van der Waals surface area contributed by atoms with E-state index < -0.39 is 11.9 Å². The molecule has 3 aliphatic carbocycles. The lowest BCUT2D eigenvalue weighted by Gasteiger charge is -2.56. The van der Waals surface area contributed by atoms with E-state index in [0.29, 0.717) is 37.4 Å². The summed E-state index contributed by atoms with van der Waals surface area (Å²) in [6.07, 6.45) is 7.80. The molecule has 7 atom stereocenters. The molecular formula is C21H34O4. The number of aliphatic hydroxyl groups excluding tert-OH is 2. The molecule has 0 radical (unpaired) electrons. The molecule has 0 aromatic heterocycles. The van der Waals surface area contributed by atoms with E-state index in [1.165, 1.54) is 0 Å². The van der Waals surface area contributed by atoms with Crippen LogP contribution in [0.3, 0.4) is 0 Å². The van der Waals surface area contributed by atoms with Crippen molar-refractivity contribution in [3.05, 3.63) is 12.7 Å². The van der Waals surface area contributed by atoms with Gasteiger partial charge in [0.2, 0.25) is 0 Å². The van der Waals surface area contributed by atoms with Crippen molar-refractivity contribution in [2.75, 3.05) is 13.2 Å². The van der Waals surface area contributed by atoms with Crippen LogP contribution < -0.4 is 0 Å². The summed E-state index contributed by atoms with van der Waals surface area (Å²) in [6.45, 7) is 10.2. The number of fused-ring (bicyclic) bond motifs is 2. The third-order valence-corrected chi connectivity index (χ3v) is 8.52. The first-order chi connectivity index (χ1) is 11.9. The van der Waals surface area contributed by atoms with E-state index in [4.69, 9.17) is 9.47 Å². The fourth-order valence-corrected chi connectivity index (χ4v) is 6.90. The first kappa shape index (κ1) is 18.0. The van der Waals surface area contributed by atoms with Crippen LogP contribution in [-0.4, -0.2) is 41.4 Å². The Kier molecular flexibility index (Phi) is 4.35. The number of hydrogen-bond acceptors (Lipinski definition) is 4. The molecule has 4 aliphatic rings. The Morgan fingerprint density at radius 3 is 2.28 bits per heavy atom. The quantitative estimate of drug-likeness (QED) is 0.751. The predicted molar refractivity (Wildman–Crippen MR) is 95.8 cm³/mol. The number of rotatable bonds is 2. The highest BCUT2D eigenvalue weighted by atomic mass is 16.7. The Balaban J connectivity index is 1.63. The summed E-state index contributed by atoms with van der Waals surface area (Å²) in [5, 5.41) is 20.8. The maximum atomic E-state index is 10.8. The molecule has 4 rings (SSSR count). The molecule has 25 heavy (non-hydrogen) atoms. The van der Waals surface area contributed by atoms with Crippen LogP contribution in [0.2, 0.25) is 0 Å². The van der Waals surface area contributed by atoms with Gasteiger partial charge in [-0.1, -0.05) is 19.9 Å². The zero-order chi connectivity index (χ0) is 17.9. The molecule has 0 aromatic carbocycles. The Morgan fingerprint density at radius 1 is 0.960 bits per heavy atom. The maximum Gasteiger partial charge on any atom is 0.174 e. The lowest BCUT2D eigenvalue weighted by Crippen LogP contribution is -2.55. The van der Waals surface area contributed by atoms with Gasteiger partial charge in [0.05, 0.1) is 25.4 Å². The van der Waals surface area contributed by atoms with Crippen LogP contribution in [0.4, 0.5) is 0 Å². The van der Waals surface area contributed by atoms with E-state index in [1.54, 1.807) is 0 Å². The zero-order valence-electron chi connectivity index (χ0n) is 15.7. The van der Waals surface area contributed by atoms with Crippen molar-refractivity contribution in [2.24, 2.45) is 28.6 Å². The average Bonchev–Trinajstić information content (AvgIpc) is 3.18. The summed E-state index contributed by atoms with van der Waals surface area (Å²) in [6, 6.07) is 0. The minimum Gasteiger partial charge on any atom is -0.393 e. The molecule has 3 saturated carbocycles. The monoisotopic (exact) mass is 350 g/mol. The van der Waals surface area contributed by atoms with Crippen molar-refractivity contribution >= 4 is 0 Å². The lowest BCUT2D eigenvalue weighted by molar-refractivity contribution is -0.242. The second-order valence-electron chi connectivity index (χ2n) is 9.42. The second-order valence-corrected chi connectivity index (χ2v) is 9.42. The molecule has 4 nitrogen and oxygen atoms in total. The third kappa shape index (κ3) is 2.40. The summed E-state index contributed by atoms with van der Waals surface area (Å²) in [7, 11) is 0. The van der Waals surface area contributed by atoms with Crippen LogP contribution in [0.1, 0.15) is 58.8 Å². The summed E-state index contributed by atoms with van der Waals surface area (Å²) in [4.78, 5) is 0. The minimum absolute atomic E-state index is 0.0361. The molecule has 2 unspecified atom stereocenters. The van der Waals surface area contributed by atoms with Gasteiger partial charge in [-0.15, -0.1) is 6.58 Å². The highest BCUT2D eigenvalue weighted by molar-refractivity contribution is 5.14. The van der Waals surface area contributed by atoms with E-state index in [2.05, 4.69) is 26.5 Å². The highest BCUT2D eigenvalue weighted by Crippen LogP contribution is 2.66. The van der Waals surface area contributed by atoms with Gasteiger partial charge < -0.3 is 19.7 Å². The van der Waals surface area contributed by atoms with Crippen LogP contribution in [0.15, 0.2) is 12.7 Å². The number of aliphatic hydroxyl groups is 2. The maximum absolute atomic E-state index is 10.8. The Morgan fingerprint density at radius 2 is 1.64 bits per heavy atom. The summed E-state index contributed by atoms with van der Waals surface area (Å²) in [5.74, 6) is 0.896. The van der Waals surface area contributed by atoms with Crippen LogP contribution in [0.5, 0.6) is 0 Å². The molecule has 1 aliphatic heterocycles. The van der Waals surface area contributed by atoms with Crippen molar-refractivity contribution in [1.82, 2.24) is 0 Å². The van der Waals surface area contributed by atoms with Gasteiger partial charge in [0.15, 0.2) is 5.79 Å². The van der Waals surface area contributed by atoms with Crippen molar-refractivity contribution in [1.29, 1.82) is 0 Å². The van der Waals surface area contributed by atoms with Crippen LogP contribution in [0.25, 0.3) is 0 Å². The van der Waals surface area contributed by atoms with E-state index in [-0.39, 0.29) is 16.9 Å². The van der Waals surface area contributed by atoms with Gasteiger partial charge in [-0.25, -0.2) is 0 Å². The normalized spacial score (nSPS) is 52.2. The third-order valence-electron chi connectivity index (χ3n) is 8.52. The summed E-state index contributed by atoms with van der Waals surface area (Å²) in [5.41, 5.74) is -0.0963. The van der Waals surface area contributed by atoms with Crippen molar-refractivity contribution in [2.45, 2.75) is 76.8 Å². The molecule has 142 valence electrons. The topological polar surface area (TPSA) is 58.9 Å². The van der Waals surface area contributed by atoms with Crippen LogP contribution in [-0.2, 0) is 9.47 Å². The van der Waals surface area contributed by atoms with Crippen molar-refractivity contribution in [3.8, 4) is 0 Å².